The second kappa shape index (κ2) is 7.36. The maximum absolute atomic E-state index is 12.2. The van der Waals surface area contributed by atoms with Crippen molar-refractivity contribution in [2.24, 2.45) is 11.8 Å². The van der Waals surface area contributed by atoms with Gasteiger partial charge in [0.25, 0.3) is 0 Å². The summed E-state index contributed by atoms with van der Waals surface area (Å²) in [5, 5.41) is 11.9. The van der Waals surface area contributed by atoms with Crippen LogP contribution < -0.4 is 5.32 Å². The molecule has 0 bridgehead atoms. The van der Waals surface area contributed by atoms with Gasteiger partial charge >= 0.3 is 12.0 Å². The maximum Gasteiger partial charge on any atom is 0.323 e. The topological polar surface area (TPSA) is 69.6 Å². The molecule has 110 valence electrons. The van der Waals surface area contributed by atoms with Crippen molar-refractivity contribution >= 4 is 12.0 Å². The van der Waals surface area contributed by atoms with Gasteiger partial charge in [-0.15, -0.1) is 0 Å². The van der Waals surface area contributed by atoms with E-state index in [9.17, 15) is 9.59 Å². The van der Waals surface area contributed by atoms with E-state index in [2.05, 4.69) is 12.2 Å². The van der Waals surface area contributed by atoms with Crippen LogP contribution in [0.1, 0.15) is 46.5 Å². The standard InChI is InChI=1S/C14H26N2O3/c1-10(2)8-16(9-13(17)18)14(19)15-12-7-5-4-6-11(12)3/h10-12H,4-9H2,1-3H3,(H,15,19)(H,17,18). The van der Waals surface area contributed by atoms with Crippen molar-refractivity contribution in [3.63, 3.8) is 0 Å². The van der Waals surface area contributed by atoms with Gasteiger partial charge < -0.3 is 15.3 Å². The van der Waals surface area contributed by atoms with Crippen LogP contribution in [0.3, 0.4) is 0 Å². The molecule has 1 aliphatic rings. The molecule has 5 nitrogen and oxygen atoms in total. The minimum absolute atomic E-state index is 0.185. The molecule has 1 aliphatic carbocycles. The lowest BCUT2D eigenvalue weighted by Gasteiger charge is -2.32. The number of rotatable bonds is 5. The van der Waals surface area contributed by atoms with Crippen molar-refractivity contribution < 1.29 is 14.7 Å². The Morgan fingerprint density at radius 1 is 1.32 bits per heavy atom. The summed E-state index contributed by atoms with van der Waals surface area (Å²) < 4.78 is 0. The van der Waals surface area contributed by atoms with Crippen LogP contribution in [0.5, 0.6) is 0 Å². The molecule has 0 aromatic heterocycles. The van der Waals surface area contributed by atoms with Crippen LogP contribution in [0, 0.1) is 11.8 Å². The van der Waals surface area contributed by atoms with E-state index < -0.39 is 5.97 Å². The molecule has 0 saturated heterocycles. The third-order valence-corrected chi connectivity index (χ3v) is 3.62. The minimum atomic E-state index is -0.965. The molecule has 0 heterocycles. The highest BCUT2D eigenvalue weighted by Crippen LogP contribution is 2.23. The SMILES string of the molecule is CC(C)CN(CC(=O)O)C(=O)NC1CCCCC1C. The third-order valence-electron chi connectivity index (χ3n) is 3.62. The Kier molecular flexibility index (Phi) is 6.12. The van der Waals surface area contributed by atoms with Crippen LogP contribution in [0.25, 0.3) is 0 Å². The molecule has 0 aromatic rings. The van der Waals surface area contributed by atoms with Gasteiger partial charge in [-0.1, -0.05) is 33.6 Å². The van der Waals surface area contributed by atoms with Crippen molar-refractivity contribution in [3.8, 4) is 0 Å². The first-order valence-corrected chi connectivity index (χ1v) is 7.17. The van der Waals surface area contributed by atoms with E-state index in [1.54, 1.807) is 0 Å². The molecule has 1 rings (SSSR count). The first-order valence-electron chi connectivity index (χ1n) is 7.17. The summed E-state index contributed by atoms with van der Waals surface area (Å²) in [6.45, 7) is 6.34. The Morgan fingerprint density at radius 3 is 2.47 bits per heavy atom. The highest BCUT2D eigenvalue weighted by molar-refractivity contribution is 5.80. The number of amides is 2. The quantitative estimate of drug-likeness (QED) is 0.805. The smallest absolute Gasteiger partial charge is 0.323 e. The Morgan fingerprint density at radius 2 is 1.95 bits per heavy atom. The molecule has 2 atom stereocenters. The predicted molar refractivity (Wildman–Crippen MR) is 74.0 cm³/mol. The molecule has 19 heavy (non-hydrogen) atoms. The average Bonchev–Trinajstić information content (AvgIpc) is 2.30. The molecule has 2 amide bonds. The number of aliphatic carboxylic acids is 1. The highest BCUT2D eigenvalue weighted by Gasteiger charge is 2.26. The molecule has 1 saturated carbocycles. The summed E-state index contributed by atoms with van der Waals surface area (Å²) in [5.41, 5.74) is 0. The van der Waals surface area contributed by atoms with Crippen LogP contribution in [0.15, 0.2) is 0 Å². The van der Waals surface area contributed by atoms with E-state index in [0.29, 0.717) is 12.5 Å². The van der Waals surface area contributed by atoms with Crippen molar-refractivity contribution in [2.45, 2.75) is 52.5 Å². The number of nitrogens with one attached hydrogen (secondary N) is 1. The molecule has 5 heteroatoms. The van der Waals surface area contributed by atoms with Gasteiger partial charge in [0.05, 0.1) is 0 Å². The number of carbonyl (C=O) groups is 2. The molecule has 0 spiro atoms. The maximum atomic E-state index is 12.2. The van der Waals surface area contributed by atoms with Crippen LogP contribution in [0.4, 0.5) is 4.79 Å². The number of carboxylic acids is 1. The van der Waals surface area contributed by atoms with Gasteiger partial charge in [0.1, 0.15) is 6.54 Å². The number of carboxylic acid groups (broad SMARTS) is 1. The van der Waals surface area contributed by atoms with E-state index in [0.717, 1.165) is 19.3 Å². The summed E-state index contributed by atoms with van der Waals surface area (Å²) in [5.74, 6) is -0.232. The van der Waals surface area contributed by atoms with Gasteiger partial charge in [0, 0.05) is 12.6 Å². The van der Waals surface area contributed by atoms with Crippen molar-refractivity contribution in [1.82, 2.24) is 10.2 Å². The second-order valence-electron chi connectivity index (χ2n) is 5.99. The summed E-state index contributed by atoms with van der Waals surface area (Å²) in [6, 6.07) is -0.0560. The first kappa shape index (κ1) is 15.8. The number of carbonyl (C=O) groups excluding carboxylic acids is 1. The monoisotopic (exact) mass is 270 g/mol. The van der Waals surface area contributed by atoms with Gasteiger partial charge in [-0.3, -0.25) is 4.79 Å². The highest BCUT2D eigenvalue weighted by atomic mass is 16.4. The third kappa shape index (κ3) is 5.49. The number of nitrogens with zero attached hydrogens (tertiary/aromatic N) is 1. The van der Waals surface area contributed by atoms with Crippen LogP contribution in [-0.4, -0.2) is 41.1 Å². The van der Waals surface area contributed by atoms with E-state index >= 15 is 0 Å². The van der Waals surface area contributed by atoms with Crippen molar-refractivity contribution in [3.05, 3.63) is 0 Å². The summed E-state index contributed by atoms with van der Waals surface area (Å²) in [4.78, 5) is 24.4. The fourth-order valence-electron chi connectivity index (χ4n) is 2.60. The Bertz CT molecular complexity index is 318. The predicted octanol–water partition coefficient (Wildman–Crippen LogP) is 2.32. The Balaban J connectivity index is 2.57. The van der Waals surface area contributed by atoms with Crippen molar-refractivity contribution in [1.29, 1.82) is 0 Å². The van der Waals surface area contributed by atoms with Crippen LogP contribution in [-0.2, 0) is 4.79 Å². The molecule has 0 aliphatic heterocycles. The molecule has 0 radical (unpaired) electrons. The second-order valence-corrected chi connectivity index (χ2v) is 5.99. The van der Waals surface area contributed by atoms with Crippen LogP contribution in [0.2, 0.25) is 0 Å². The number of hydrogen-bond donors (Lipinski definition) is 2. The van der Waals surface area contributed by atoms with E-state index in [-0.39, 0.29) is 24.5 Å². The Hall–Kier alpha value is -1.26. The summed E-state index contributed by atoms with van der Waals surface area (Å²) in [6.07, 6.45) is 4.49. The first-order chi connectivity index (χ1) is 8.90. The average molecular weight is 270 g/mol. The minimum Gasteiger partial charge on any atom is -0.480 e. The summed E-state index contributed by atoms with van der Waals surface area (Å²) >= 11 is 0. The normalized spacial score (nSPS) is 23.2. The van der Waals surface area contributed by atoms with E-state index in [4.69, 9.17) is 5.11 Å². The number of hydrogen-bond acceptors (Lipinski definition) is 2. The lowest BCUT2D eigenvalue weighted by atomic mass is 9.86. The zero-order chi connectivity index (χ0) is 14.4. The van der Waals surface area contributed by atoms with Gasteiger partial charge in [-0.25, -0.2) is 4.79 Å². The number of urea groups is 1. The van der Waals surface area contributed by atoms with Crippen molar-refractivity contribution in [2.75, 3.05) is 13.1 Å². The Labute approximate surface area is 115 Å². The lowest BCUT2D eigenvalue weighted by molar-refractivity contribution is -0.137. The fraction of sp³-hybridized carbons (Fsp3) is 0.857. The largest absolute Gasteiger partial charge is 0.480 e. The van der Waals surface area contributed by atoms with Crippen LogP contribution >= 0.6 is 0 Å². The van der Waals surface area contributed by atoms with E-state index in [1.165, 1.54) is 11.3 Å². The van der Waals surface area contributed by atoms with Gasteiger partial charge in [-0.05, 0) is 24.7 Å². The fourth-order valence-corrected chi connectivity index (χ4v) is 2.60. The van der Waals surface area contributed by atoms with Gasteiger partial charge in [0.15, 0.2) is 0 Å². The zero-order valence-electron chi connectivity index (χ0n) is 12.2. The zero-order valence-corrected chi connectivity index (χ0v) is 12.2. The molecule has 2 unspecified atom stereocenters. The van der Waals surface area contributed by atoms with Gasteiger partial charge in [0.2, 0.25) is 0 Å². The molecule has 1 fully saturated rings. The van der Waals surface area contributed by atoms with E-state index in [1.807, 2.05) is 13.8 Å². The lowest BCUT2D eigenvalue weighted by Crippen LogP contribution is -2.50. The van der Waals surface area contributed by atoms with Gasteiger partial charge in [-0.2, -0.15) is 0 Å². The molecular weight excluding hydrogens is 244 g/mol. The summed E-state index contributed by atoms with van der Waals surface area (Å²) in [7, 11) is 0. The molecule has 0 aromatic carbocycles. The molecular formula is C14H26N2O3. The molecule has 2 N–H and O–H groups in total.